The van der Waals surface area contributed by atoms with E-state index < -0.39 is 22.0 Å². The molecule has 1 rings (SSSR count). The molecule has 8 heteroatoms. The van der Waals surface area contributed by atoms with Crippen LogP contribution in [-0.2, 0) is 14.8 Å². The Morgan fingerprint density at radius 1 is 1.62 bits per heavy atom. The van der Waals surface area contributed by atoms with E-state index in [1.807, 2.05) is 4.72 Å². The lowest BCUT2D eigenvalue weighted by atomic mass is 10.4. The Balaban J connectivity index is 2.99. The standard InChI is InChI=1S/C8H11NO5S2/c1-5(7(10)11)9-16(12,13)8-6(14-2)3-4-15-8/h3-5,9H,1-2H3,(H,10,11)/t5-/m0/s1. The Morgan fingerprint density at radius 3 is 2.75 bits per heavy atom. The molecule has 0 saturated carbocycles. The van der Waals surface area contributed by atoms with Crippen LogP contribution < -0.4 is 9.46 Å². The van der Waals surface area contributed by atoms with Crippen LogP contribution in [0.2, 0.25) is 0 Å². The minimum Gasteiger partial charge on any atom is -0.494 e. The van der Waals surface area contributed by atoms with Gasteiger partial charge in [0.15, 0.2) is 4.21 Å². The van der Waals surface area contributed by atoms with Crippen LogP contribution in [0.1, 0.15) is 6.92 Å². The van der Waals surface area contributed by atoms with Crippen molar-refractivity contribution in [3.8, 4) is 5.75 Å². The minimum atomic E-state index is -3.84. The molecule has 2 N–H and O–H groups in total. The number of methoxy groups -OCH3 is 1. The summed E-state index contributed by atoms with van der Waals surface area (Å²) < 4.78 is 30.4. The van der Waals surface area contributed by atoms with Crippen LogP contribution in [0, 0.1) is 0 Å². The molecule has 0 fully saturated rings. The average Bonchev–Trinajstić information content (AvgIpc) is 2.64. The Hall–Kier alpha value is -1.12. The molecule has 0 bridgehead atoms. The number of hydrogen-bond donors (Lipinski definition) is 2. The van der Waals surface area contributed by atoms with Crippen LogP contribution in [0.15, 0.2) is 15.7 Å². The Labute approximate surface area is 96.9 Å². The SMILES string of the molecule is COc1ccsc1S(=O)(=O)N[C@@H](C)C(=O)O. The fraction of sp³-hybridized carbons (Fsp3) is 0.375. The molecule has 6 nitrogen and oxygen atoms in total. The van der Waals surface area contributed by atoms with Gasteiger partial charge >= 0.3 is 5.97 Å². The van der Waals surface area contributed by atoms with E-state index >= 15 is 0 Å². The van der Waals surface area contributed by atoms with Crippen molar-refractivity contribution in [3.05, 3.63) is 11.4 Å². The molecule has 0 aliphatic heterocycles. The van der Waals surface area contributed by atoms with E-state index in [4.69, 9.17) is 9.84 Å². The van der Waals surface area contributed by atoms with Gasteiger partial charge in [0, 0.05) is 0 Å². The summed E-state index contributed by atoms with van der Waals surface area (Å²) in [5.41, 5.74) is 0. The number of sulfonamides is 1. The number of carboxylic acids is 1. The zero-order valence-electron chi connectivity index (χ0n) is 8.63. The number of thiophene rings is 1. The highest BCUT2D eigenvalue weighted by atomic mass is 32.2. The first kappa shape index (κ1) is 12.9. The van der Waals surface area contributed by atoms with Crippen molar-refractivity contribution >= 4 is 27.3 Å². The number of aliphatic carboxylic acids is 1. The third-order valence-corrected chi connectivity index (χ3v) is 4.75. The van der Waals surface area contributed by atoms with Crippen molar-refractivity contribution in [1.82, 2.24) is 4.72 Å². The first-order valence-corrected chi connectivity index (χ1v) is 6.61. The highest BCUT2D eigenvalue weighted by Gasteiger charge is 2.25. The summed E-state index contributed by atoms with van der Waals surface area (Å²) in [5, 5.41) is 10.2. The van der Waals surface area contributed by atoms with Gasteiger partial charge in [-0.3, -0.25) is 4.79 Å². The van der Waals surface area contributed by atoms with Crippen molar-refractivity contribution in [3.63, 3.8) is 0 Å². The van der Waals surface area contributed by atoms with E-state index in [0.29, 0.717) is 0 Å². The maximum atomic E-state index is 11.7. The van der Waals surface area contributed by atoms with Crippen molar-refractivity contribution in [2.75, 3.05) is 7.11 Å². The second-order valence-corrected chi connectivity index (χ2v) is 5.78. The highest BCUT2D eigenvalue weighted by molar-refractivity contribution is 7.91. The van der Waals surface area contributed by atoms with Crippen molar-refractivity contribution in [2.24, 2.45) is 0 Å². The quantitative estimate of drug-likeness (QED) is 0.809. The predicted molar refractivity (Wildman–Crippen MR) is 58.3 cm³/mol. The van der Waals surface area contributed by atoms with E-state index in [0.717, 1.165) is 11.3 Å². The molecule has 1 aromatic rings. The third-order valence-electron chi connectivity index (χ3n) is 1.76. The van der Waals surface area contributed by atoms with Crippen molar-refractivity contribution in [1.29, 1.82) is 0 Å². The van der Waals surface area contributed by atoms with Crippen molar-refractivity contribution < 1.29 is 23.1 Å². The second kappa shape index (κ2) is 4.81. The number of ether oxygens (including phenoxy) is 1. The van der Waals surface area contributed by atoms with Crippen LogP contribution in [0.4, 0.5) is 0 Å². The van der Waals surface area contributed by atoms with Gasteiger partial charge in [0.05, 0.1) is 7.11 Å². The highest BCUT2D eigenvalue weighted by Crippen LogP contribution is 2.29. The topological polar surface area (TPSA) is 92.7 Å². The lowest BCUT2D eigenvalue weighted by Gasteiger charge is -2.09. The number of rotatable bonds is 5. The smallest absolute Gasteiger partial charge is 0.321 e. The first-order valence-electron chi connectivity index (χ1n) is 4.25. The first-order chi connectivity index (χ1) is 7.38. The minimum absolute atomic E-state index is 0.0249. The molecule has 1 heterocycles. The summed E-state index contributed by atoms with van der Waals surface area (Å²) in [4.78, 5) is 10.5. The lowest BCUT2D eigenvalue weighted by Crippen LogP contribution is -2.38. The maximum absolute atomic E-state index is 11.7. The molecule has 0 unspecified atom stereocenters. The molecular weight excluding hydrogens is 254 g/mol. The number of carboxylic acid groups (broad SMARTS) is 1. The zero-order chi connectivity index (χ0) is 12.3. The summed E-state index contributed by atoms with van der Waals surface area (Å²) in [7, 11) is -2.49. The van der Waals surface area contributed by atoms with E-state index in [2.05, 4.69) is 0 Å². The van der Waals surface area contributed by atoms with Gasteiger partial charge in [-0.25, -0.2) is 8.42 Å². The molecule has 0 radical (unpaired) electrons. The molecule has 16 heavy (non-hydrogen) atoms. The maximum Gasteiger partial charge on any atom is 0.321 e. The second-order valence-electron chi connectivity index (χ2n) is 2.96. The summed E-state index contributed by atoms with van der Waals surface area (Å²) in [6.07, 6.45) is 0. The van der Waals surface area contributed by atoms with Gasteiger partial charge in [0.25, 0.3) is 10.0 Å². The predicted octanol–water partition coefficient (Wildman–Crippen LogP) is 0.508. The van der Waals surface area contributed by atoms with Gasteiger partial charge in [-0.15, -0.1) is 11.3 Å². The lowest BCUT2D eigenvalue weighted by molar-refractivity contribution is -0.138. The Bertz CT molecular complexity index is 478. The Morgan fingerprint density at radius 2 is 2.25 bits per heavy atom. The van der Waals surface area contributed by atoms with E-state index in [1.165, 1.54) is 20.1 Å². The fourth-order valence-corrected chi connectivity index (χ4v) is 3.46. The number of carbonyl (C=O) groups is 1. The summed E-state index contributed by atoms with van der Waals surface area (Å²) in [6, 6.07) is 0.321. The molecule has 0 aliphatic carbocycles. The molecule has 1 atom stereocenters. The van der Waals surface area contributed by atoms with Gasteiger partial charge in [-0.2, -0.15) is 4.72 Å². The summed E-state index contributed by atoms with van der Waals surface area (Å²) >= 11 is 0.966. The van der Waals surface area contributed by atoms with Gasteiger partial charge in [0.1, 0.15) is 11.8 Å². The van der Waals surface area contributed by atoms with Crippen LogP contribution >= 0.6 is 11.3 Å². The van der Waals surface area contributed by atoms with Gasteiger partial charge in [0.2, 0.25) is 0 Å². The molecule has 0 amide bonds. The van der Waals surface area contributed by atoms with Gasteiger partial charge in [-0.05, 0) is 18.4 Å². The van der Waals surface area contributed by atoms with Crippen LogP contribution in [0.5, 0.6) is 5.75 Å². The summed E-state index contributed by atoms with van der Waals surface area (Å²) in [5.74, 6) is -1.03. The molecule has 0 saturated heterocycles. The van der Waals surface area contributed by atoms with Crippen LogP contribution in [-0.4, -0.2) is 32.6 Å². The van der Waals surface area contributed by atoms with E-state index in [1.54, 1.807) is 5.38 Å². The van der Waals surface area contributed by atoms with Gasteiger partial charge in [-0.1, -0.05) is 0 Å². The monoisotopic (exact) mass is 265 g/mol. The normalized spacial score (nSPS) is 13.4. The fourth-order valence-electron chi connectivity index (χ4n) is 0.968. The zero-order valence-corrected chi connectivity index (χ0v) is 10.3. The number of nitrogens with one attached hydrogen (secondary N) is 1. The molecule has 90 valence electrons. The third kappa shape index (κ3) is 2.71. The van der Waals surface area contributed by atoms with Gasteiger partial charge < -0.3 is 9.84 Å². The van der Waals surface area contributed by atoms with Crippen LogP contribution in [0.3, 0.4) is 0 Å². The van der Waals surface area contributed by atoms with E-state index in [-0.39, 0.29) is 9.96 Å². The molecule has 0 spiro atoms. The molecule has 1 aromatic heterocycles. The molecule has 0 aromatic carbocycles. The number of hydrogen-bond acceptors (Lipinski definition) is 5. The molecule has 0 aliphatic rings. The molecular formula is C8H11NO5S2. The largest absolute Gasteiger partial charge is 0.494 e. The average molecular weight is 265 g/mol. The Kier molecular flexibility index (Phi) is 3.89. The van der Waals surface area contributed by atoms with Crippen LogP contribution in [0.25, 0.3) is 0 Å². The summed E-state index contributed by atoms with van der Waals surface area (Å²) in [6.45, 7) is 1.25. The van der Waals surface area contributed by atoms with E-state index in [9.17, 15) is 13.2 Å². The van der Waals surface area contributed by atoms with Crippen molar-refractivity contribution in [2.45, 2.75) is 17.2 Å².